The van der Waals surface area contributed by atoms with Gasteiger partial charge >= 0.3 is 0 Å². The summed E-state index contributed by atoms with van der Waals surface area (Å²) in [5.41, 5.74) is 2.44. The van der Waals surface area contributed by atoms with Crippen molar-refractivity contribution in [3.05, 3.63) is 53.4 Å². The lowest BCUT2D eigenvalue weighted by Gasteiger charge is -1.99. The number of rotatable bonds is 2. The molecule has 0 aliphatic rings. The first-order valence-electron chi connectivity index (χ1n) is 4.20. The minimum Gasteiger partial charge on any atom is -0.207 e. The number of hydrogen-bond acceptors (Lipinski definition) is 0. The van der Waals surface area contributed by atoms with Crippen LogP contribution < -0.4 is 0 Å². The van der Waals surface area contributed by atoms with Crippen LogP contribution >= 0.6 is 0 Å². The lowest BCUT2D eigenvalue weighted by molar-refractivity contribution is 0.660. The molecule has 0 aliphatic carbocycles. The van der Waals surface area contributed by atoms with Crippen LogP contribution in [0.5, 0.6) is 0 Å². The molecule has 13 heavy (non-hydrogen) atoms. The molecular formula is C12H13F. The summed E-state index contributed by atoms with van der Waals surface area (Å²) in [5.74, 6) is -0.255. The molecule has 0 bridgehead atoms. The van der Waals surface area contributed by atoms with Gasteiger partial charge in [-0.05, 0) is 36.6 Å². The van der Waals surface area contributed by atoms with E-state index in [9.17, 15) is 4.39 Å². The summed E-state index contributed by atoms with van der Waals surface area (Å²) < 4.78 is 13.2. The lowest BCUT2D eigenvalue weighted by atomic mass is 10.1. The van der Waals surface area contributed by atoms with Crippen molar-refractivity contribution < 1.29 is 4.39 Å². The van der Waals surface area contributed by atoms with E-state index in [0.29, 0.717) is 5.57 Å². The zero-order chi connectivity index (χ0) is 9.84. The average Bonchev–Trinajstić information content (AvgIpc) is 2.08. The van der Waals surface area contributed by atoms with Gasteiger partial charge in [0.15, 0.2) is 0 Å². The fraction of sp³-hybridized carbons (Fsp3) is 0.167. The molecule has 0 radical (unpaired) electrons. The first kappa shape index (κ1) is 9.72. The van der Waals surface area contributed by atoms with Gasteiger partial charge in [-0.25, -0.2) is 4.39 Å². The van der Waals surface area contributed by atoms with Gasteiger partial charge < -0.3 is 0 Å². The van der Waals surface area contributed by atoms with Crippen molar-refractivity contribution in [3.63, 3.8) is 0 Å². The van der Waals surface area contributed by atoms with Gasteiger partial charge in [0.2, 0.25) is 0 Å². The zero-order valence-electron chi connectivity index (χ0n) is 7.97. The maximum atomic E-state index is 13.2. The van der Waals surface area contributed by atoms with Crippen LogP contribution in [-0.4, -0.2) is 0 Å². The summed E-state index contributed by atoms with van der Waals surface area (Å²) in [5, 5.41) is 0. The van der Waals surface area contributed by atoms with Gasteiger partial charge in [0, 0.05) is 0 Å². The second-order valence-electron chi connectivity index (χ2n) is 3.13. The van der Waals surface area contributed by atoms with Gasteiger partial charge in [0.05, 0.1) is 0 Å². The maximum Gasteiger partial charge on any atom is 0.126 e. The Morgan fingerprint density at radius 1 is 1.38 bits per heavy atom. The van der Waals surface area contributed by atoms with Crippen LogP contribution in [0.3, 0.4) is 0 Å². The quantitative estimate of drug-likeness (QED) is 0.600. The van der Waals surface area contributed by atoms with Gasteiger partial charge in [-0.3, -0.25) is 0 Å². The Kier molecular flexibility index (Phi) is 3.02. The molecule has 0 aromatic heterocycles. The molecule has 0 amide bonds. The normalized spacial score (nSPS) is 11.5. The fourth-order valence-corrected chi connectivity index (χ4v) is 1.01. The minimum atomic E-state index is -0.255. The highest BCUT2D eigenvalue weighted by molar-refractivity contribution is 5.58. The van der Waals surface area contributed by atoms with Crippen LogP contribution in [0.2, 0.25) is 0 Å². The number of benzene rings is 1. The van der Waals surface area contributed by atoms with E-state index in [2.05, 4.69) is 6.58 Å². The molecule has 0 atom stereocenters. The molecule has 0 unspecified atom stereocenters. The van der Waals surface area contributed by atoms with E-state index < -0.39 is 0 Å². The molecule has 0 fully saturated rings. The topological polar surface area (TPSA) is 0 Å². The van der Waals surface area contributed by atoms with Crippen molar-refractivity contribution >= 4 is 6.08 Å². The van der Waals surface area contributed by atoms with Crippen molar-refractivity contribution in [2.24, 2.45) is 0 Å². The summed E-state index contributed by atoms with van der Waals surface area (Å²) in [6, 6.07) is 7.67. The third-order valence-corrected chi connectivity index (χ3v) is 1.88. The van der Waals surface area contributed by atoms with Crippen molar-refractivity contribution in [2.75, 3.05) is 0 Å². The standard InChI is InChI=1S/C12H13F/c1-9(2)12(13)8-11-7-5-4-6-10(11)3/h4-8H,1H2,2-3H3/b12-8-. The van der Waals surface area contributed by atoms with Crippen LogP contribution in [-0.2, 0) is 0 Å². The van der Waals surface area contributed by atoms with Gasteiger partial charge in [-0.1, -0.05) is 30.8 Å². The smallest absolute Gasteiger partial charge is 0.126 e. The Hall–Kier alpha value is -1.37. The second kappa shape index (κ2) is 4.04. The molecule has 1 aromatic rings. The summed E-state index contributed by atoms with van der Waals surface area (Å²) in [7, 11) is 0. The molecule has 0 heterocycles. The highest BCUT2D eigenvalue weighted by Crippen LogP contribution is 2.16. The van der Waals surface area contributed by atoms with Crippen LogP contribution in [0, 0.1) is 6.92 Å². The molecule has 0 N–H and O–H groups in total. The van der Waals surface area contributed by atoms with E-state index in [1.54, 1.807) is 6.92 Å². The molecule has 0 saturated heterocycles. The average molecular weight is 176 g/mol. The Morgan fingerprint density at radius 2 is 2.00 bits per heavy atom. The van der Waals surface area contributed by atoms with Gasteiger partial charge in [-0.15, -0.1) is 0 Å². The van der Waals surface area contributed by atoms with Crippen molar-refractivity contribution in [1.82, 2.24) is 0 Å². The van der Waals surface area contributed by atoms with Crippen LogP contribution in [0.4, 0.5) is 4.39 Å². The molecule has 1 heteroatoms. The minimum absolute atomic E-state index is 0.255. The van der Waals surface area contributed by atoms with E-state index in [-0.39, 0.29) is 5.83 Å². The largest absolute Gasteiger partial charge is 0.207 e. The van der Waals surface area contributed by atoms with Crippen LogP contribution in [0.1, 0.15) is 18.1 Å². The second-order valence-corrected chi connectivity index (χ2v) is 3.13. The van der Waals surface area contributed by atoms with Crippen LogP contribution in [0.25, 0.3) is 6.08 Å². The predicted octanol–water partition coefficient (Wildman–Crippen LogP) is 3.88. The number of halogens is 1. The predicted molar refractivity (Wildman–Crippen MR) is 55.1 cm³/mol. The van der Waals surface area contributed by atoms with Crippen molar-refractivity contribution in [3.8, 4) is 0 Å². The van der Waals surface area contributed by atoms with E-state index in [0.717, 1.165) is 11.1 Å². The van der Waals surface area contributed by atoms with E-state index in [1.807, 2.05) is 31.2 Å². The fourth-order valence-electron chi connectivity index (χ4n) is 1.01. The molecule has 1 aromatic carbocycles. The van der Waals surface area contributed by atoms with Gasteiger partial charge in [0.1, 0.15) is 5.83 Å². The van der Waals surface area contributed by atoms with Gasteiger partial charge in [0.25, 0.3) is 0 Å². The lowest BCUT2D eigenvalue weighted by Crippen LogP contribution is -1.81. The number of hydrogen-bond donors (Lipinski definition) is 0. The maximum absolute atomic E-state index is 13.2. The highest BCUT2D eigenvalue weighted by atomic mass is 19.1. The Labute approximate surface area is 78.4 Å². The molecule has 68 valence electrons. The number of allylic oxidation sites excluding steroid dienone is 2. The number of aryl methyl sites for hydroxylation is 1. The molecule has 0 nitrogen and oxygen atoms in total. The first-order valence-corrected chi connectivity index (χ1v) is 4.20. The van der Waals surface area contributed by atoms with E-state index in [1.165, 1.54) is 6.08 Å². The first-order chi connectivity index (χ1) is 6.11. The summed E-state index contributed by atoms with van der Waals surface area (Å²) >= 11 is 0. The van der Waals surface area contributed by atoms with E-state index >= 15 is 0 Å². The van der Waals surface area contributed by atoms with Crippen molar-refractivity contribution in [2.45, 2.75) is 13.8 Å². The molecule has 1 rings (SSSR count). The molecule has 0 spiro atoms. The summed E-state index contributed by atoms with van der Waals surface area (Å²) in [6.07, 6.45) is 1.51. The van der Waals surface area contributed by atoms with Crippen LogP contribution in [0.15, 0.2) is 42.2 Å². The molecule has 0 saturated carbocycles. The molecular weight excluding hydrogens is 163 g/mol. The van der Waals surface area contributed by atoms with Gasteiger partial charge in [-0.2, -0.15) is 0 Å². The Morgan fingerprint density at radius 3 is 2.54 bits per heavy atom. The summed E-state index contributed by atoms with van der Waals surface area (Å²) in [6.45, 7) is 7.15. The highest BCUT2D eigenvalue weighted by Gasteiger charge is 1.97. The zero-order valence-corrected chi connectivity index (χ0v) is 7.97. The Bertz CT molecular complexity index is 348. The molecule has 0 aliphatic heterocycles. The SMILES string of the molecule is C=C(C)/C(F)=C/c1ccccc1C. The monoisotopic (exact) mass is 176 g/mol. The third kappa shape index (κ3) is 2.55. The van der Waals surface area contributed by atoms with Crippen molar-refractivity contribution in [1.29, 1.82) is 0 Å². The summed E-state index contributed by atoms with van der Waals surface area (Å²) in [4.78, 5) is 0. The Balaban J connectivity index is 3.04. The third-order valence-electron chi connectivity index (χ3n) is 1.88. The van der Waals surface area contributed by atoms with E-state index in [4.69, 9.17) is 0 Å².